The van der Waals surface area contributed by atoms with Gasteiger partial charge in [0.05, 0.1) is 0 Å². The molecule has 0 heterocycles. The van der Waals surface area contributed by atoms with Crippen molar-refractivity contribution in [3.05, 3.63) is 49.2 Å². The van der Waals surface area contributed by atoms with Crippen molar-refractivity contribution in [2.45, 2.75) is 6.42 Å². The lowest BCUT2D eigenvalue weighted by molar-refractivity contribution is 1.26. The Bertz CT molecular complexity index is 189. The summed E-state index contributed by atoms with van der Waals surface area (Å²) in [5.41, 5.74) is 2.32. The Hall–Kier alpha value is -0.780. The predicted octanol–water partition coefficient (Wildman–Crippen LogP) is 2.25. The first kappa shape index (κ1) is 6.34. The summed E-state index contributed by atoms with van der Waals surface area (Å²) in [6.45, 7) is 7.57. The van der Waals surface area contributed by atoms with Gasteiger partial charge in [0.2, 0.25) is 0 Å². The summed E-state index contributed by atoms with van der Waals surface area (Å²) in [4.78, 5) is 0. The molecule has 0 saturated heterocycles. The molecule has 0 atom stereocenters. The van der Waals surface area contributed by atoms with E-state index in [-0.39, 0.29) is 0 Å². The Kier molecular flexibility index (Phi) is 1.88. The molecule has 0 aliphatic carbocycles. The van der Waals surface area contributed by atoms with Gasteiger partial charge < -0.3 is 0 Å². The van der Waals surface area contributed by atoms with Gasteiger partial charge in [-0.3, -0.25) is 0 Å². The van der Waals surface area contributed by atoms with Crippen molar-refractivity contribution in [1.29, 1.82) is 0 Å². The van der Waals surface area contributed by atoms with Crippen LogP contribution in [0.1, 0.15) is 11.1 Å². The third-order valence-electron chi connectivity index (χ3n) is 1.28. The molecule has 0 heteroatoms. The molecule has 0 aliphatic rings. The molecule has 0 fully saturated rings. The van der Waals surface area contributed by atoms with E-state index in [1.165, 1.54) is 5.56 Å². The summed E-state index contributed by atoms with van der Waals surface area (Å²) in [6.07, 6.45) is 0.851. The molecule has 0 aliphatic heterocycles. The zero-order chi connectivity index (χ0) is 6.69. The topological polar surface area (TPSA) is 0 Å². The molecule has 1 rings (SSSR count). The molecule has 0 aromatic heterocycles. The van der Waals surface area contributed by atoms with Crippen molar-refractivity contribution < 1.29 is 0 Å². The minimum atomic E-state index is 0.851. The average molecular weight is 118 g/mol. The van der Waals surface area contributed by atoms with Gasteiger partial charge in [-0.2, -0.15) is 0 Å². The molecular formula is C9H10. The van der Waals surface area contributed by atoms with E-state index in [1.807, 2.05) is 18.2 Å². The number of hydrogen-bond acceptors (Lipinski definition) is 0. The molecule has 0 amide bonds. The normalized spacial score (nSPS) is 9.56. The van der Waals surface area contributed by atoms with Crippen LogP contribution >= 0.6 is 0 Å². The van der Waals surface area contributed by atoms with Crippen molar-refractivity contribution in [3.63, 3.8) is 0 Å². The molecular weight excluding hydrogens is 108 g/mol. The molecule has 0 unspecified atom stereocenters. The van der Waals surface area contributed by atoms with E-state index in [0.717, 1.165) is 12.0 Å². The van der Waals surface area contributed by atoms with Crippen molar-refractivity contribution >= 4 is 0 Å². The lowest BCUT2D eigenvalue weighted by Crippen LogP contribution is -1.79. The quantitative estimate of drug-likeness (QED) is 0.530. The van der Waals surface area contributed by atoms with Crippen LogP contribution in [-0.4, -0.2) is 0 Å². The Morgan fingerprint density at radius 1 is 1.33 bits per heavy atom. The fraction of sp³-hybridized carbons (Fsp3) is 0.111. The highest BCUT2D eigenvalue weighted by atomic mass is 13.9. The van der Waals surface area contributed by atoms with Gasteiger partial charge in [0.1, 0.15) is 0 Å². The summed E-state index contributed by atoms with van der Waals surface area (Å²) in [5, 5.41) is 0. The van der Waals surface area contributed by atoms with Crippen LogP contribution < -0.4 is 0 Å². The third kappa shape index (κ3) is 1.56. The van der Waals surface area contributed by atoms with Crippen LogP contribution in [0.4, 0.5) is 0 Å². The molecule has 46 valence electrons. The maximum absolute atomic E-state index is 3.80. The van der Waals surface area contributed by atoms with E-state index >= 15 is 0 Å². The lowest BCUT2D eigenvalue weighted by Gasteiger charge is -1.95. The smallest absolute Gasteiger partial charge is 0.0238 e. The average Bonchev–Trinajstić information content (AvgIpc) is 1.88. The summed E-state index contributed by atoms with van der Waals surface area (Å²) >= 11 is 0. The van der Waals surface area contributed by atoms with Gasteiger partial charge >= 0.3 is 0 Å². The number of benzene rings is 1. The van der Waals surface area contributed by atoms with Gasteiger partial charge in [0.25, 0.3) is 0 Å². The second kappa shape index (κ2) is 2.67. The molecule has 0 nitrogen and oxygen atoms in total. The second-order valence-electron chi connectivity index (χ2n) is 2.07. The van der Waals surface area contributed by atoms with Gasteiger partial charge in [-0.05, 0) is 31.4 Å². The van der Waals surface area contributed by atoms with E-state index in [9.17, 15) is 0 Å². The van der Waals surface area contributed by atoms with Crippen molar-refractivity contribution in [2.24, 2.45) is 0 Å². The van der Waals surface area contributed by atoms with Gasteiger partial charge in [0.15, 0.2) is 0 Å². The zero-order valence-electron chi connectivity index (χ0n) is 5.43. The maximum atomic E-state index is 3.80. The number of rotatable bonds is 1. The van der Waals surface area contributed by atoms with Gasteiger partial charge in [0, 0.05) is 0 Å². The van der Waals surface area contributed by atoms with Crippen molar-refractivity contribution in [2.75, 3.05) is 0 Å². The van der Waals surface area contributed by atoms with Gasteiger partial charge in [-0.25, -0.2) is 0 Å². The van der Waals surface area contributed by atoms with E-state index in [0.29, 0.717) is 0 Å². The van der Waals surface area contributed by atoms with E-state index in [4.69, 9.17) is 0 Å². The van der Waals surface area contributed by atoms with Crippen LogP contribution in [0, 0.1) is 13.8 Å². The highest BCUT2D eigenvalue weighted by molar-refractivity contribution is 5.25. The van der Waals surface area contributed by atoms with Gasteiger partial charge in [-0.1, -0.05) is 24.3 Å². The van der Waals surface area contributed by atoms with Crippen molar-refractivity contribution in [3.8, 4) is 0 Å². The Labute approximate surface area is 56.5 Å². The monoisotopic (exact) mass is 118 g/mol. The molecule has 0 bridgehead atoms. The van der Waals surface area contributed by atoms with E-state index < -0.39 is 0 Å². The van der Waals surface area contributed by atoms with Crippen LogP contribution in [0.2, 0.25) is 0 Å². The minimum Gasteiger partial charge on any atom is -0.0617 e. The predicted molar refractivity (Wildman–Crippen MR) is 40.0 cm³/mol. The largest absolute Gasteiger partial charge is 0.0617 e. The molecule has 9 heavy (non-hydrogen) atoms. The third-order valence-corrected chi connectivity index (χ3v) is 1.28. The SMILES string of the molecule is [CH2]Cc1cccc([CH2])c1. The number of hydrogen-bond donors (Lipinski definition) is 0. The molecule has 0 saturated carbocycles. The molecule has 1 aromatic rings. The first-order valence-corrected chi connectivity index (χ1v) is 3.03. The highest BCUT2D eigenvalue weighted by Gasteiger charge is 1.86. The van der Waals surface area contributed by atoms with Crippen LogP contribution in [0.15, 0.2) is 24.3 Å². The first-order valence-electron chi connectivity index (χ1n) is 3.03. The Morgan fingerprint density at radius 2 is 2.11 bits per heavy atom. The molecule has 2 radical (unpaired) electrons. The van der Waals surface area contributed by atoms with Gasteiger partial charge in [-0.15, -0.1) is 0 Å². The highest BCUT2D eigenvalue weighted by Crippen LogP contribution is 2.02. The van der Waals surface area contributed by atoms with Crippen LogP contribution in [0.3, 0.4) is 0 Å². The Balaban J connectivity index is 2.94. The van der Waals surface area contributed by atoms with E-state index in [2.05, 4.69) is 19.9 Å². The fourth-order valence-corrected chi connectivity index (χ4v) is 0.785. The molecule has 0 N–H and O–H groups in total. The standard InChI is InChI=1S/C9H10/c1-3-9-6-4-5-8(2)7-9/h4-7H,1-3H2. The van der Waals surface area contributed by atoms with Crippen LogP contribution in [0.25, 0.3) is 0 Å². The van der Waals surface area contributed by atoms with E-state index in [1.54, 1.807) is 0 Å². The first-order chi connectivity index (χ1) is 4.33. The summed E-state index contributed by atoms with van der Waals surface area (Å²) in [5.74, 6) is 0. The van der Waals surface area contributed by atoms with Crippen LogP contribution in [0.5, 0.6) is 0 Å². The minimum absolute atomic E-state index is 0.851. The summed E-state index contributed by atoms with van der Waals surface area (Å²) in [7, 11) is 0. The zero-order valence-corrected chi connectivity index (χ0v) is 5.43. The van der Waals surface area contributed by atoms with Crippen molar-refractivity contribution in [1.82, 2.24) is 0 Å². The Morgan fingerprint density at radius 3 is 2.56 bits per heavy atom. The lowest BCUT2D eigenvalue weighted by atomic mass is 10.1. The second-order valence-corrected chi connectivity index (χ2v) is 2.07. The molecule has 0 spiro atoms. The maximum Gasteiger partial charge on any atom is -0.0238 e. The van der Waals surface area contributed by atoms with Crippen LogP contribution in [-0.2, 0) is 6.42 Å². The molecule has 1 aromatic carbocycles. The summed E-state index contributed by atoms with van der Waals surface area (Å²) in [6, 6.07) is 8.09. The fourth-order valence-electron chi connectivity index (χ4n) is 0.785. The summed E-state index contributed by atoms with van der Waals surface area (Å²) < 4.78 is 0.